The molecule has 0 atom stereocenters. The number of ketones is 1. The predicted octanol–water partition coefficient (Wildman–Crippen LogP) is 3.00. The number of unbranched alkanes of at least 4 members (excludes halogenated alkanes) is 1. The van der Waals surface area contributed by atoms with E-state index in [1.165, 1.54) is 0 Å². The summed E-state index contributed by atoms with van der Waals surface area (Å²) in [4.78, 5) is 12.3. The minimum atomic E-state index is -0.0394. The fourth-order valence-electron chi connectivity index (χ4n) is 1.95. The van der Waals surface area contributed by atoms with Crippen molar-refractivity contribution in [2.75, 3.05) is 12.0 Å². The first-order valence-electron chi connectivity index (χ1n) is 7.02. The van der Waals surface area contributed by atoms with Crippen molar-refractivity contribution >= 4 is 11.5 Å². The van der Waals surface area contributed by atoms with Crippen molar-refractivity contribution in [2.24, 2.45) is 5.84 Å². The Morgan fingerprint density at radius 1 is 1.09 bits per heavy atom. The molecular weight excluding hydrogens is 276 g/mol. The maximum Gasteiger partial charge on any atom is 0.193 e. The summed E-state index contributed by atoms with van der Waals surface area (Å²) in [5.41, 5.74) is 4.51. The van der Waals surface area contributed by atoms with Crippen LogP contribution in [-0.4, -0.2) is 12.4 Å². The quantitative estimate of drug-likeness (QED) is 0.271. The molecule has 0 saturated heterocycles. The molecule has 0 amide bonds. The van der Waals surface area contributed by atoms with E-state index in [9.17, 15) is 4.79 Å². The van der Waals surface area contributed by atoms with Crippen LogP contribution in [0.4, 0.5) is 5.69 Å². The minimum Gasteiger partial charge on any atom is -0.494 e. The molecule has 0 aliphatic carbocycles. The molecule has 0 heterocycles. The van der Waals surface area contributed by atoms with E-state index >= 15 is 0 Å². The van der Waals surface area contributed by atoms with Gasteiger partial charge in [0.15, 0.2) is 5.78 Å². The third-order valence-electron chi connectivity index (χ3n) is 3.16. The lowest BCUT2D eigenvalue weighted by atomic mass is 10.0. The van der Waals surface area contributed by atoms with Crippen molar-refractivity contribution in [3.05, 3.63) is 59.7 Å². The van der Waals surface area contributed by atoms with Crippen LogP contribution in [-0.2, 0) is 0 Å². The highest BCUT2D eigenvalue weighted by Gasteiger charge is 2.09. The minimum absolute atomic E-state index is 0.0394. The Kier molecular flexibility index (Phi) is 5.58. The van der Waals surface area contributed by atoms with Crippen molar-refractivity contribution in [3.63, 3.8) is 0 Å². The van der Waals surface area contributed by atoms with E-state index in [4.69, 9.17) is 17.0 Å². The number of rotatable bonds is 7. The third-order valence-corrected chi connectivity index (χ3v) is 3.16. The van der Waals surface area contributed by atoms with Gasteiger partial charge >= 0.3 is 0 Å². The van der Waals surface area contributed by atoms with Crippen molar-refractivity contribution in [2.45, 2.75) is 12.8 Å². The van der Waals surface area contributed by atoms with Crippen molar-refractivity contribution < 1.29 is 9.53 Å². The molecule has 0 saturated carbocycles. The van der Waals surface area contributed by atoms with E-state index < -0.39 is 0 Å². The van der Waals surface area contributed by atoms with E-state index in [2.05, 4.69) is 11.3 Å². The normalized spacial score (nSPS) is 9.82. The van der Waals surface area contributed by atoms with Gasteiger partial charge in [-0.05, 0) is 55.0 Å². The summed E-state index contributed by atoms with van der Waals surface area (Å²) in [6.07, 6.45) is 6.70. The first-order valence-corrected chi connectivity index (χ1v) is 7.02. The van der Waals surface area contributed by atoms with Crippen LogP contribution in [0.3, 0.4) is 0 Å². The Hall–Kier alpha value is -2.77. The Bertz CT molecular complexity index is 655. The number of hydrogen-bond acceptors (Lipinski definition) is 4. The van der Waals surface area contributed by atoms with Crippen LogP contribution in [0.2, 0.25) is 0 Å². The molecule has 0 aliphatic rings. The highest BCUT2D eigenvalue weighted by Crippen LogP contribution is 2.17. The molecule has 0 radical (unpaired) electrons. The van der Waals surface area contributed by atoms with Crippen molar-refractivity contribution in [1.82, 2.24) is 0 Å². The summed E-state index contributed by atoms with van der Waals surface area (Å²) in [6.45, 7) is 0.574. The van der Waals surface area contributed by atoms with Gasteiger partial charge in [0.1, 0.15) is 5.75 Å². The molecule has 0 aliphatic heterocycles. The highest BCUT2D eigenvalue weighted by molar-refractivity contribution is 6.09. The Balaban J connectivity index is 1.99. The standard InChI is InChI=1S/C18H18N2O2/c1-2-3-4-13-22-17-11-7-15(8-12-17)18(21)14-5-9-16(20-19)10-6-14/h1,5-12,20H,3-4,13,19H2. The second-order valence-corrected chi connectivity index (χ2v) is 4.73. The number of ether oxygens (including phenoxy) is 1. The molecule has 2 aromatic carbocycles. The smallest absolute Gasteiger partial charge is 0.193 e. The molecular formula is C18H18N2O2. The lowest BCUT2D eigenvalue weighted by molar-refractivity contribution is 0.103. The van der Waals surface area contributed by atoms with Crippen LogP contribution >= 0.6 is 0 Å². The predicted molar refractivity (Wildman–Crippen MR) is 87.7 cm³/mol. The van der Waals surface area contributed by atoms with E-state index in [-0.39, 0.29) is 5.78 Å². The Labute approximate surface area is 130 Å². The van der Waals surface area contributed by atoms with Gasteiger partial charge in [-0.1, -0.05) is 0 Å². The van der Waals surface area contributed by atoms with Gasteiger partial charge in [0, 0.05) is 23.2 Å². The number of nitrogens with one attached hydrogen (secondary N) is 1. The molecule has 0 aromatic heterocycles. The number of benzene rings is 2. The fraction of sp³-hybridized carbons (Fsp3) is 0.167. The largest absolute Gasteiger partial charge is 0.494 e. The van der Waals surface area contributed by atoms with E-state index in [1.807, 2.05) is 0 Å². The highest BCUT2D eigenvalue weighted by atomic mass is 16.5. The molecule has 0 bridgehead atoms. The molecule has 112 valence electrons. The molecule has 22 heavy (non-hydrogen) atoms. The fourth-order valence-corrected chi connectivity index (χ4v) is 1.95. The van der Waals surface area contributed by atoms with Gasteiger partial charge in [0.05, 0.1) is 6.61 Å². The van der Waals surface area contributed by atoms with Gasteiger partial charge in [-0.2, -0.15) is 0 Å². The van der Waals surface area contributed by atoms with E-state index in [0.29, 0.717) is 24.2 Å². The van der Waals surface area contributed by atoms with Gasteiger partial charge in [-0.15, -0.1) is 12.3 Å². The van der Waals surface area contributed by atoms with Crippen LogP contribution in [0, 0.1) is 12.3 Å². The topological polar surface area (TPSA) is 64.3 Å². The molecule has 0 spiro atoms. The van der Waals surface area contributed by atoms with Crippen molar-refractivity contribution in [3.8, 4) is 18.1 Å². The van der Waals surface area contributed by atoms with E-state index in [1.54, 1.807) is 48.5 Å². The lowest BCUT2D eigenvalue weighted by Crippen LogP contribution is -2.07. The summed E-state index contributed by atoms with van der Waals surface area (Å²) in [7, 11) is 0. The van der Waals surface area contributed by atoms with Crippen LogP contribution in [0.5, 0.6) is 5.75 Å². The van der Waals surface area contributed by atoms with Crippen LogP contribution in [0.1, 0.15) is 28.8 Å². The third kappa shape index (κ3) is 4.11. The number of carbonyl (C=O) groups is 1. The second kappa shape index (κ2) is 7.87. The number of nitrogens with two attached hydrogens (primary N) is 1. The van der Waals surface area contributed by atoms with Gasteiger partial charge in [0.2, 0.25) is 0 Å². The Morgan fingerprint density at radius 3 is 2.23 bits per heavy atom. The van der Waals surface area contributed by atoms with Gasteiger partial charge in [-0.3, -0.25) is 10.6 Å². The maximum atomic E-state index is 12.3. The first-order chi connectivity index (χ1) is 10.7. The summed E-state index contributed by atoms with van der Waals surface area (Å²) < 4.78 is 5.55. The number of nitrogen functional groups attached to an aromatic ring is 1. The lowest BCUT2D eigenvalue weighted by Gasteiger charge is -2.07. The molecule has 4 nitrogen and oxygen atoms in total. The van der Waals surface area contributed by atoms with Gasteiger partial charge in [0.25, 0.3) is 0 Å². The SMILES string of the molecule is C#CCCCOc1ccc(C(=O)c2ccc(NN)cc2)cc1. The molecule has 3 N–H and O–H groups in total. The summed E-state index contributed by atoms with van der Waals surface area (Å²) in [5.74, 6) is 8.56. The number of carbonyl (C=O) groups excluding carboxylic acids is 1. The average molecular weight is 294 g/mol. The zero-order valence-electron chi connectivity index (χ0n) is 12.2. The number of hydrogen-bond donors (Lipinski definition) is 2. The number of hydrazine groups is 1. The average Bonchev–Trinajstić information content (AvgIpc) is 2.59. The zero-order chi connectivity index (χ0) is 15.8. The second-order valence-electron chi connectivity index (χ2n) is 4.73. The molecule has 0 unspecified atom stereocenters. The first kappa shape index (κ1) is 15.6. The van der Waals surface area contributed by atoms with Crippen LogP contribution < -0.4 is 16.0 Å². The van der Waals surface area contributed by atoms with Crippen molar-refractivity contribution in [1.29, 1.82) is 0 Å². The monoisotopic (exact) mass is 294 g/mol. The van der Waals surface area contributed by atoms with Gasteiger partial charge < -0.3 is 10.2 Å². The molecule has 2 rings (SSSR count). The maximum absolute atomic E-state index is 12.3. The summed E-state index contributed by atoms with van der Waals surface area (Å²) >= 11 is 0. The number of terminal acetylenes is 1. The number of anilines is 1. The van der Waals surface area contributed by atoms with Crippen LogP contribution in [0.15, 0.2) is 48.5 Å². The van der Waals surface area contributed by atoms with E-state index in [0.717, 1.165) is 17.9 Å². The van der Waals surface area contributed by atoms with Crippen LogP contribution in [0.25, 0.3) is 0 Å². The van der Waals surface area contributed by atoms with Gasteiger partial charge in [-0.25, -0.2) is 0 Å². The molecule has 4 heteroatoms. The summed E-state index contributed by atoms with van der Waals surface area (Å²) in [6, 6.07) is 14.1. The molecule has 2 aromatic rings. The summed E-state index contributed by atoms with van der Waals surface area (Å²) in [5, 5.41) is 0. The zero-order valence-corrected chi connectivity index (χ0v) is 12.2. The molecule has 0 fully saturated rings. The Morgan fingerprint density at radius 2 is 1.68 bits per heavy atom.